The van der Waals surface area contributed by atoms with Gasteiger partial charge in [-0.2, -0.15) is 0 Å². The number of hydrogen-bond donors (Lipinski definition) is 1. The van der Waals surface area contributed by atoms with Crippen molar-refractivity contribution in [3.05, 3.63) is 69.7 Å². The van der Waals surface area contributed by atoms with Crippen molar-refractivity contribution in [1.29, 1.82) is 0 Å². The van der Waals surface area contributed by atoms with E-state index in [2.05, 4.69) is 0 Å². The van der Waals surface area contributed by atoms with Gasteiger partial charge in [0.1, 0.15) is 0 Å². The van der Waals surface area contributed by atoms with E-state index in [1.807, 2.05) is 30.3 Å². The third kappa shape index (κ3) is 3.53. The molecule has 2 aromatic rings. The molecular formula is C16H14Cl2O2. The van der Waals surface area contributed by atoms with Crippen LogP contribution in [0.5, 0.6) is 0 Å². The van der Waals surface area contributed by atoms with Crippen LogP contribution < -0.4 is 0 Å². The Labute approximate surface area is 128 Å². The standard InChI is InChI=1S/C16H14Cl2O2/c17-13-7-4-8-14(18)15(13)12(16(19)20)10-9-11-5-2-1-3-6-11/h1-8,12H,9-10H2,(H,19,20). The van der Waals surface area contributed by atoms with Crippen LogP contribution in [0.2, 0.25) is 10.0 Å². The first-order valence-electron chi connectivity index (χ1n) is 6.30. The summed E-state index contributed by atoms with van der Waals surface area (Å²) in [5.41, 5.74) is 1.60. The van der Waals surface area contributed by atoms with E-state index in [9.17, 15) is 9.90 Å². The van der Waals surface area contributed by atoms with Gasteiger partial charge in [0.25, 0.3) is 0 Å². The van der Waals surface area contributed by atoms with E-state index in [4.69, 9.17) is 23.2 Å². The molecule has 1 N–H and O–H groups in total. The lowest BCUT2D eigenvalue weighted by atomic mass is 9.92. The molecular weight excluding hydrogens is 295 g/mol. The number of carbonyl (C=O) groups is 1. The highest BCUT2D eigenvalue weighted by atomic mass is 35.5. The van der Waals surface area contributed by atoms with E-state index in [0.29, 0.717) is 28.5 Å². The fourth-order valence-electron chi connectivity index (χ4n) is 2.19. The largest absolute Gasteiger partial charge is 0.481 e. The van der Waals surface area contributed by atoms with Crippen molar-refractivity contribution in [2.45, 2.75) is 18.8 Å². The number of carboxylic acid groups (broad SMARTS) is 1. The van der Waals surface area contributed by atoms with Crippen molar-refractivity contribution in [3.63, 3.8) is 0 Å². The van der Waals surface area contributed by atoms with Gasteiger partial charge >= 0.3 is 5.97 Å². The molecule has 0 heterocycles. The van der Waals surface area contributed by atoms with Crippen LogP contribution in [-0.2, 0) is 11.2 Å². The summed E-state index contributed by atoms with van der Waals surface area (Å²) in [6.07, 6.45) is 1.13. The fourth-order valence-corrected chi connectivity index (χ4v) is 2.85. The van der Waals surface area contributed by atoms with E-state index < -0.39 is 11.9 Å². The van der Waals surface area contributed by atoms with Gasteiger partial charge < -0.3 is 5.11 Å². The first kappa shape index (κ1) is 14.9. The van der Waals surface area contributed by atoms with Crippen molar-refractivity contribution in [1.82, 2.24) is 0 Å². The lowest BCUT2D eigenvalue weighted by molar-refractivity contribution is -0.138. The lowest BCUT2D eigenvalue weighted by Gasteiger charge is -2.16. The number of hydrogen-bond acceptors (Lipinski definition) is 1. The Bertz CT molecular complexity index is 576. The Kier molecular flexibility index (Phi) is 5.05. The molecule has 0 spiro atoms. The molecule has 0 saturated carbocycles. The van der Waals surface area contributed by atoms with Crippen molar-refractivity contribution in [2.75, 3.05) is 0 Å². The highest BCUT2D eigenvalue weighted by Crippen LogP contribution is 2.34. The number of aryl methyl sites for hydroxylation is 1. The number of rotatable bonds is 5. The highest BCUT2D eigenvalue weighted by molar-refractivity contribution is 6.36. The molecule has 0 saturated heterocycles. The Morgan fingerprint density at radius 3 is 2.15 bits per heavy atom. The summed E-state index contributed by atoms with van der Waals surface area (Å²) in [5, 5.41) is 10.2. The minimum Gasteiger partial charge on any atom is -0.481 e. The normalized spacial score (nSPS) is 12.1. The van der Waals surface area contributed by atoms with Crippen molar-refractivity contribution >= 4 is 29.2 Å². The van der Waals surface area contributed by atoms with Crippen molar-refractivity contribution < 1.29 is 9.90 Å². The molecule has 2 rings (SSSR count). The molecule has 4 heteroatoms. The molecule has 0 aliphatic rings. The summed E-state index contributed by atoms with van der Waals surface area (Å²) in [6, 6.07) is 14.8. The zero-order chi connectivity index (χ0) is 14.5. The van der Waals surface area contributed by atoms with Gasteiger partial charge in [0.2, 0.25) is 0 Å². The first-order chi connectivity index (χ1) is 9.59. The van der Waals surface area contributed by atoms with Crippen LogP contribution in [0.1, 0.15) is 23.5 Å². The Morgan fingerprint density at radius 2 is 1.60 bits per heavy atom. The van der Waals surface area contributed by atoms with Crippen LogP contribution in [0, 0.1) is 0 Å². The molecule has 0 bridgehead atoms. The molecule has 2 nitrogen and oxygen atoms in total. The first-order valence-corrected chi connectivity index (χ1v) is 7.06. The topological polar surface area (TPSA) is 37.3 Å². The van der Waals surface area contributed by atoms with Gasteiger partial charge in [-0.25, -0.2) is 0 Å². The maximum Gasteiger partial charge on any atom is 0.311 e. The molecule has 104 valence electrons. The van der Waals surface area contributed by atoms with E-state index >= 15 is 0 Å². The van der Waals surface area contributed by atoms with Crippen LogP contribution in [0.15, 0.2) is 48.5 Å². The summed E-state index contributed by atoms with van der Waals surface area (Å²) < 4.78 is 0. The van der Waals surface area contributed by atoms with Crippen molar-refractivity contribution in [2.24, 2.45) is 0 Å². The van der Waals surface area contributed by atoms with Crippen LogP contribution in [0.4, 0.5) is 0 Å². The van der Waals surface area contributed by atoms with Gasteiger partial charge in [-0.15, -0.1) is 0 Å². The van der Waals surface area contributed by atoms with Gasteiger partial charge in [0.15, 0.2) is 0 Å². The molecule has 0 aliphatic carbocycles. The average molecular weight is 309 g/mol. The SMILES string of the molecule is O=C(O)C(CCc1ccccc1)c1c(Cl)cccc1Cl. The van der Waals surface area contributed by atoms with Gasteiger partial charge in [-0.3, -0.25) is 4.79 Å². The number of carboxylic acids is 1. The summed E-state index contributed by atoms with van der Waals surface area (Å²) in [6.45, 7) is 0. The quantitative estimate of drug-likeness (QED) is 0.862. The Hall–Kier alpha value is -1.51. The predicted molar refractivity (Wildman–Crippen MR) is 81.6 cm³/mol. The smallest absolute Gasteiger partial charge is 0.311 e. The molecule has 0 radical (unpaired) electrons. The average Bonchev–Trinajstić information content (AvgIpc) is 2.42. The number of benzene rings is 2. The maximum atomic E-state index is 11.5. The predicted octanol–water partition coefficient (Wildman–Crippen LogP) is 4.79. The third-order valence-electron chi connectivity index (χ3n) is 3.21. The molecule has 0 aromatic heterocycles. The second-order valence-corrected chi connectivity index (χ2v) is 5.36. The number of halogens is 2. The van der Waals surface area contributed by atoms with Crippen LogP contribution in [0.3, 0.4) is 0 Å². The zero-order valence-electron chi connectivity index (χ0n) is 10.7. The monoisotopic (exact) mass is 308 g/mol. The van der Waals surface area contributed by atoms with Crippen LogP contribution in [0.25, 0.3) is 0 Å². The highest BCUT2D eigenvalue weighted by Gasteiger charge is 2.24. The second kappa shape index (κ2) is 6.78. The lowest BCUT2D eigenvalue weighted by Crippen LogP contribution is -2.13. The molecule has 20 heavy (non-hydrogen) atoms. The van der Waals surface area contributed by atoms with E-state index in [1.54, 1.807) is 18.2 Å². The zero-order valence-corrected chi connectivity index (χ0v) is 12.2. The van der Waals surface area contributed by atoms with E-state index in [1.165, 1.54) is 0 Å². The van der Waals surface area contributed by atoms with E-state index in [-0.39, 0.29) is 0 Å². The minimum absolute atomic E-state index is 0.401. The van der Waals surface area contributed by atoms with Gasteiger partial charge in [-0.05, 0) is 30.5 Å². The summed E-state index contributed by atoms with van der Waals surface area (Å²) in [7, 11) is 0. The van der Waals surface area contributed by atoms with E-state index in [0.717, 1.165) is 5.56 Å². The molecule has 1 unspecified atom stereocenters. The van der Waals surface area contributed by atoms with Gasteiger partial charge in [0.05, 0.1) is 5.92 Å². The molecule has 0 amide bonds. The van der Waals surface area contributed by atoms with Crippen LogP contribution in [-0.4, -0.2) is 11.1 Å². The van der Waals surface area contributed by atoms with Crippen LogP contribution >= 0.6 is 23.2 Å². The molecule has 0 fully saturated rings. The van der Waals surface area contributed by atoms with Crippen molar-refractivity contribution in [3.8, 4) is 0 Å². The molecule has 0 aliphatic heterocycles. The van der Waals surface area contributed by atoms with Gasteiger partial charge in [-0.1, -0.05) is 59.6 Å². The minimum atomic E-state index is -0.907. The molecule has 2 aromatic carbocycles. The fraction of sp³-hybridized carbons (Fsp3) is 0.188. The second-order valence-electron chi connectivity index (χ2n) is 4.55. The summed E-state index contributed by atoms with van der Waals surface area (Å²) in [5.74, 6) is -1.60. The summed E-state index contributed by atoms with van der Waals surface area (Å²) >= 11 is 12.2. The maximum absolute atomic E-state index is 11.5. The Morgan fingerprint density at radius 1 is 1.00 bits per heavy atom. The number of aliphatic carboxylic acids is 1. The van der Waals surface area contributed by atoms with Gasteiger partial charge in [0, 0.05) is 15.6 Å². The summed E-state index contributed by atoms with van der Waals surface area (Å²) in [4.78, 5) is 11.5. The third-order valence-corrected chi connectivity index (χ3v) is 3.87. The Balaban J connectivity index is 2.22. The molecule has 1 atom stereocenters.